The van der Waals surface area contributed by atoms with Crippen molar-refractivity contribution in [3.05, 3.63) is 23.8 Å². The van der Waals surface area contributed by atoms with Crippen LogP contribution in [0.4, 0.5) is 0 Å². The lowest BCUT2D eigenvalue weighted by Crippen LogP contribution is -2.43. The highest BCUT2D eigenvalue weighted by molar-refractivity contribution is 5.84. The quantitative estimate of drug-likeness (QED) is 0.808. The number of aliphatic carboxylic acids is 1. The van der Waals surface area contributed by atoms with E-state index in [-0.39, 0.29) is 23.8 Å². The molecule has 4 rings (SSSR count). The fourth-order valence-electron chi connectivity index (χ4n) is 4.21. The van der Waals surface area contributed by atoms with Gasteiger partial charge in [0.25, 0.3) is 0 Å². The van der Waals surface area contributed by atoms with Gasteiger partial charge in [0.1, 0.15) is 13.2 Å². The van der Waals surface area contributed by atoms with E-state index < -0.39 is 11.9 Å². The molecule has 1 amide bonds. The predicted molar refractivity (Wildman–Crippen MR) is 94.4 cm³/mol. The molecule has 2 fully saturated rings. The highest BCUT2D eigenvalue weighted by Crippen LogP contribution is 2.49. The predicted octanol–water partition coefficient (Wildman–Crippen LogP) is 2.71. The first kappa shape index (κ1) is 17.2. The van der Waals surface area contributed by atoms with E-state index in [1.165, 1.54) is 0 Å². The smallest absolute Gasteiger partial charge is 0.308 e. The van der Waals surface area contributed by atoms with Crippen LogP contribution in [0, 0.1) is 11.8 Å². The first-order chi connectivity index (χ1) is 12.6. The van der Waals surface area contributed by atoms with Gasteiger partial charge in [-0.3, -0.25) is 9.59 Å². The first-order valence-corrected chi connectivity index (χ1v) is 9.56. The number of ether oxygens (including phenoxy) is 2. The van der Waals surface area contributed by atoms with Gasteiger partial charge in [-0.05, 0) is 42.9 Å². The van der Waals surface area contributed by atoms with Crippen LogP contribution in [0.15, 0.2) is 18.2 Å². The number of carbonyl (C=O) groups is 2. The lowest BCUT2D eigenvalue weighted by Gasteiger charge is -2.23. The Labute approximate surface area is 152 Å². The van der Waals surface area contributed by atoms with Crippen LogP contribution >= 0.6 is 0 Å². The van der Waals surface area contributed by atoms with E-state index in [1.54, 1.807) is 0 Å². The normalized spacial score (nSPS) is 30.2. The van der Waals surface area contributed by atoms with Crippen LogP contribution in [0.3, 0.4) is 0 Å². The molecule has 1 aliphatic heterocycles. The van der Waals surface area contributed by atoms with Crippen molar-refractivity contribution in [3.8, 4) is 11.5 Å². The van der Waals surface area contributed by atoms with Crippen molar-refractivity contribution in [2.24, 2.45) is 11.8 Å². The van der Waals surface area contributed by atoms with Crippen LogP contribution in [0.1, 0.15) is 50.0 Å². The third-order valence-electron chi connectivity index (χ3n) is 5.78. The zero-order valence-corrected chi connectivity index (χ0v) is 14.8. The number of rotatable bonds is 4. The number of nitrogens with one attached hydrogen (secondary N) is 1. The van der Waals surface area contributed by atoms with E-state index >= 15 is 0 Å². The SMILES string of the molecule is O=C(N[C@H]1CCCCC[C@H]1C(=O)O)C1CC1c1ccc2c(c1)OCCO2. The van der Waals surface area contributed by atoms with E-state index in [4.69, 9.17) is 9.47 Å². The Morgan fingerprint density at radius 2 is 1.77 bits per heavy atom. The van der Waals surface area contributed by atoms with E-state index in [0.717, 1.165) is 49.2 Å². The molecule has 140 valence electrons. The summed E-state index contributed by atoms with van der Waals surface area (Å²) < 4.78 is 11.2. The second-order valence-corrected chi connectivity index (χ2v) is 7.55. The molecule has 2 aliphatic carbocycles. The zero-order valence-electron chi connectivity index (χ0n) is 14.8. The van der Waals surface area contributed by atoms with Crippen molar-refractivity contribution in [3.63, 3.8) is 0 Å². The first-order valence-electron chi connectivity index (χ1n) is 9.56. The summed E-state index contributed by atoms with van der Waals surface area (Å²) in [7, 11) is 0. The van der Waals surface area contributed by atoms with Gasteiger partial charge < -0.3 is 19.9 Å². The van der Waals surface area contributed by atoms with Gasteiger partial charge in [0.05, 0.1) is 5.92 Å². The minimum Gasteiger partial charge on any atom is -0.486 e. The van der Waals surface area contributed by atoms with Gasteiger partial charge in [-0.25, -0.2) is 0 Å². The Morgan fingerprint density at radius 3 is 2.58 bits per heavy atom. The van der Waals surface area contributed by atoms with Gasteiger partial charge in [-0.2, -0.15) is 0 Å². The molecular formula is C20H25NO5. The van der Waals surface area contributed by atoms with E-state index in [2.05, 4.69) is 5.32 Å². The average Bonchev–Trinajstić information content (AvgIpc) is 3.45. The Morgan fingerprint density at radius 1 is 1.00 bits per heavy atom. The maximum Gasteiger partial charge on any atom is 0.308 e. The second-order valence-electron chi connectivity index (χ2n) is 7.55. The maximum absolute atomic E-state index is 12.7. The number of hydrogen-bond acceptors (Lipinski definition) is 4. The summed E-state index contributed by atoms with van der Waals surface area (Å²) >= 11 is 0. The minimum atomic E-state index is -0.795. The van der Waals surface area contributed by atoms with Crippen molar-refractivity contribution in [1.82, 2.24) is 5.32 Å². The monoisotopic (exact) mass is 359 g/mol. The van der Waals surface area contributed by atoms with Gasteiger partial charge in [0.2, 0.25) is 5.91 Å². The van der Waals surface area contributed by atoms with Crippen LogP contribution in [-0.4, -0.2) is 36.2 Å². The molecule has 6 nitrogen and oxygen atoms in total. The summed E-state index contributed by atoms with van der Waals surface area (Å²) in [6.45, 7) is 1.11. The fraction of sp³-hybridized carbons (Fsp3) is 0.600. The van der Waals surface area contributed by atoms with Crippen LogP contribution in [-0.2, 0) is 9.59 Å². The molecule has 2 N–H and O–H groups in total. The molecular weight excluding hydrogens is 334 g/mol. The van der Waals surface area contributed by atoms with Crippen LogP contribution < -0.4 is 14.8 Å². The topological polar surface area (TPSA) is 84.9 Å². The third kappa shape index (κ3) is 3.50. The van der Waals surface area contributed by atoms with Crippen LogP contribution in [0.25, 0.3) is 0 Å². The number of carboxylic acid groups (broad SMARTS) is 1. The molecule has 0 spiro atoms. The Kier molecular flexibility index (Phi) is 4.74. The van der Waals surface area contributed by atoms with Crippen molar-refractivity contribution >= 4 is 11.9 Å². The van der Waals surface area contributed by atoms with Gasteiger partial charge in [0, 0.05) is 12.0 Å². The number of carboxylic acids is 1. The lowest BCUT2D eigenvalue weighted by molar-refractivity contribution is -0.143. The number of hydrogen-bond donors (Lipinski definition) is 2. The van der Waals surface area contributed by atoms with Gasteiger partial charge in [0.15, 0.2) is 11.5 Å². The highest BCUT2D eigenvalue weighted by Gasteiger charge is 2.45. The lowest BCUT2D eigenvalue weighted by atomic mass is 9.94. The summed E-state index contributed by atoms with van der Waals surface area (Å²) in [6.07, 6.45) is 5.15. The average molecular weight is 359 g/mol. The van der Waals surface area contributed by atoms with Crippen LogP contribution in [0.2, 0.25) is 0 Å². The van der Waals surface area contributed by atoms with Crippen LogP contribution in [0.5, 0.6) is 11.5 Å². The van der Waals surface area contributed by atoms with E-state index in [9.17, 15) is 14.7 Å². The Hall–Kier alpha value is -2.24. The van der Waals surface area contributed by atoms with Gasteiger partial charge in [-0.15, -0.1) is 0 Å². The molecule has 1 aromatic rings. The fourth-order valence-corrected chi connectivity index (χ4v) is 4.21. The maximum atomic E-state index is 12.7. The Balaban J connectivity index is 1.40. The molecule has 2 unspecified atom stereocenters. The number of amides is 1. The van der Waals surface area contributed by atoms with Crippen molar-refractivity contribution < 1.29 is 24.2 Å². The molecule has 0 bridgehead atoms. The molecule has 0 aromatic heterocycles. The van der Waals surface area contributed by atoms with Gasteiger partial charge >= 0.3 is 5.97 Å². The summed E-state index contributed by atoms with van der Waals surface area (Å²) in [4.78, 5) is 24.2. The number of fused-ring (bicyclic) bond motifs is 1. The van der Waals surface area contributed by atoms with Crippen molar-refractivity contribution in [1.29, 1.82) is 0 Å². The third-order valence-corrected chi connectivity index (χ3v) is 5.78. The largest absolute Gasteiger partial charge is 0.486 e. The molecule has 4 atom stereocenters. The molecule has 3 aliphatic rings. The van der Waals surface area contributed by atoms with E-state index in [0.29, 0.717) is 19.6 Å². The summed E-state index contributed by atoms with van der Waals surface area (Å²) in [6, 6.07) is 5.63. The molecule has 6 heteroatoms. The van der Waals surface area contributed by atoms with Gasteiger partial charge in [-0.1, -0.05) is 25.3 Å². The molecule has 2 saturated carbocycles. The molecule has 1 heterocycles. The highest BCUT2D eigenvalue weighted by atomic mass is 16.6. The minimum absolute atomic E-state index is 0.0111. The molecule has 26 heavy (non-hydrogen) atoms. The summed E-state index contributed by atoms with van der Waals surface area (Å²) in [5, 5.41) is 12.5. The zero-order chi connectivity index (χ0) is 18.1. The number of carbonyl (C=O) groups excluding carboxylic acids is 1. The molecule has 0 saturated heterocycles. The Bertz CT molecular complexity index is 703. The summed E-state index contributed by atoms with van der Waals surface area (Å²) in [5.74, 6) is 0.335. The standard InChI is InChI=1S/C20H25NO5/c22-19(21-16-5-3-1-2-4-13(16)20(23)24)15-11-14(15)12-6-7-17-18(10-12)26-9-8-25-17/h6-7,10,13-16H,1-5,8-9,11H2,(H,21,22)(H,23,24)/t13-,14?,15?,16+/m1/s1. The second kappa shape index (κ2) is 7.17. The number of benzene rings is 1. The summed E-state index contributed by atoms with van der Waals surface area (Å²) in [5.41, 5.74) is 1.09. The molecule has 0 radical (unpaired) electrons. The molecule has 1 aromatic carbocycles. The van der Waals surface area contributed by atoms with Crippen molar-refractivity contribution in [2.75, 3.05) is 13.2 Å². The van der Waals surface area contributed by atoms with E-state index in [1.807, 2.05) is 18.2 Å². The van der Waals surface area contributed by atoms with Crippen molar-refractivity contribution in [2.45, 2.75) is 50.5 Å².